The molecule has 0 bridgehead atoms. The molecule has 2 aromatic heterocycles. The highest BCUT2D eigenvalue weighted by molar-refractivity contribution is 6.14. The number of para-hydroxylation sites is 4. The van der Waals surface area contributed by atoms with Gasteiger partial charge < -0.3 is 14.5 Å². The zero-order valence-electron chi connectivity index (χ0n) is 22.2. The van der Waals surface area contributed by atoms with Gasteiger partial charge in [-0.15, -0.1) is 0 Å². The van der Waals surface area contributed by atoms with Crippen LogP contribution in [-0.4, -0.2) is 9.13 Å². The monoisotopic (exact) mass is 513 g/mol. The molecule has 1 unspecified atom stereocenters. The number of nitrogens with one attached hydrogen (secondary N) is 1. The second-order valence-corrected chi connectivity index (χ2v) is 11.3. The zero-order valence-corrected chi connectivity index (χ0v) is 22.2. The minimum atomic E-state index is -0.0828. The van der Waals surface area contributed by atoms with E-state index in [1.807, 2.05) is 0 Å². The van der Waals surface area contributed by atoms with E-state index in [2.05, 4.69) is 149 Å². The quantitative estimate of drug-likeness (QED) is 0.245. The fourth-order valence-electron chi connectivity index (χ4n) is 7.26. The summed E-state index contributed by atoms with van der Waals surface area (Å²) in [6.07, 6.45) is 3.35. The molecule has 190 valence electrons. The van der Waals surface area contributed by atoms with Gasteiger partial charge in [0.15, 0.2) is 0 Å². The fourth-order valence-corrected chi connectivity index (χ4v) is 7.26. The Morgan fingerprint density at radius 1 is 0.600 bits per heavy atom. The second-order valence-electron chi connectivity index (χ2n) is 11.3. The molecule has 3 heterocycles. The van der Waals surface area contributed by atoms with E-state index in [4.69, 9.17) is 0 Å². The minimum Gasteiger partial charge on any atom is -0.358 e. The van der Waals surface area contributed by atoms with Crippen LogP contribution < -0.4 is 5.32 Å². The number of allylic oxidation sites excluding steroid dienone is 1. The summed E-state index contributed by atoms with van der Waals surface area (Å²) in [6.45, 7) is 2.39. The number of benzene rings is 5. The summed E-state index contributed by atoms with van der Waals surface area (Å²) in [5, 5.41) is 7.65. The minimum absolute atomic E-state index is 0.0828. The number of nitrogens with zero attached hydrogens (tertiary/aromatic N) is 2. The molecule has 1 aliphatic heterocycles. The highest BCUT2D eigenvalue weighted by Crippen LogP contribution is 2.51. The summed E-state index contributed by atoms with van der Waals surface area (Å²) in [7, 11) is 0. The molecular formula is C37H27N3. The van der Waals surface area contributed by atoms with Crippen molar-refractivity contribution in [2.75, 3.05) is 5.32 Å². The maximum atomic E-state index is 3.77. The molecule has 0 radical (unpaired) electrons. The van der Waals surface area contributed by atoms with Gasteiger partial charge in [0, 0.05) is 44.3 Å². The molecule has 0 fully saturated rings. The molecule has 0 saturated heterocycles. The van der Waals surface area contributed by atoms with Crippen LogP contribution in [0.4, 0.5) is 5.69 Å². The molecule has 0 saturated carbocycles. The predicted octanol–water partition coefficient (Wildman–Crippen LogP) is 9.01. The van der Waals surface area contributed by atoms with Crippen molar-refractivity contribution in [1.29, 1.82) is 0 Å². The Labute approximate surface area is 232 Å². The number of hydrogen-bond donors (Lipinski definition) is 1. The Hall–Kier alpha value is -5.02. The SMILES string of the molecule is CC12Cc3c(n(-c4ccccc4)c4cc5c6ccccc6n(-c6ccccc6)c5cc34)C=C1Nc1ccccc12. The van der Waals surface area contributed by atoms with Crippen molar-refractivity contribution in [3.8, 4) is 11.4 Å². The van der Waals surface area contributed by atoms with Crippen molar-refractivity contribution in [3.63, 3.8) is 0 Å². The molecule has 0 spiro atoms. The number of rotatable bonds is 2. The molecule has 2 aliphatic rings. The molecule has 9 rings (SSSR count). The van der Waals surface area contributed by atoms with Crippen LogP contribution in [0.3, 0.4) is 0 Å². The first kappa shape index (κ1) is 21.9. The molecule has 7 aromatic rings. The van der Waals surface area contributed by atoms with Crippen LogP contribution in [0.2, 0.25) is 0 Å². The van der Waals surface area contributed by atoms with Crippen LogP contribution >= 0.6 is 0 Å². The first-order valence-electron chi connectivity index (χ1n) is 14.0. The van der Waals surface area contributed by atoms with Gasteiger partial charge in [0.1, 0.15) is 0 Å². The van der Waals surface area contributed by atoms with Crippen LogP contribution in [0.1, 0.15) is 23.7 Å². The van der Waals surface area contributed by atoms with E-state index >= 15 is 0 Å². The molecular weight excluding hydrogens is 486 g/mol. The standard InChI is InChI=1S/C37H27N3/c1-37-23-29-28-21-33-27(26-16-8-11-19-32(26)39(33)24-12-4-2-5-13-24)20-34(28)40(25-14-6-3-7-15-25)35(29)22-36(37)38-31-18-10-9-17-30(31)37/h2-22,38H,23H2,1H3. The molecule has 1 N–H and O–H groups in total. The van der Waals surface area contributed by atoms with Gasteiger partial charge in [-0.05, 0) is 79.1 Å². The Morgan fingerprint density at radius 2 is 1.23 bits per heavy atom. The maximum Gasteiger partial charge on any atom is 0.0548 e. The van der Waals surface area contributed by atoms with Crippen molar-refractivity contribution in [2.24, 2.45) is 0 Å². The lowest BCUT2D eigenvalue weighted by Gasteiger charge is -2.30. The summed E-state index contributed by atoms with van der Waals surface area (Å²) in [5.41, 5.74) is 12.6. The van der Waals surface area contributed by atoms with Crippen molar-refractivity contribution in [3.05, 3.63) is 144 Å². The number of anilines is 1. The number of fused-ring (bicyclic) bond motifs is 9. The Kier molecular flexibility index (Phi) is 4.25. The molecule has 3 heteroatoms. The summed E-state index contributed by atoms with van der Waals surface area (Å²) in [6, 6.07) is 44.0. The highest BCUT2D eigenvalue weighted by Gasteiger charge is 2.43. The van der Waals surface area contributed by atoms with Gasteiger partial charge in [-0.1, -0.05) is 72.8 Å². The van der Waals surface area contributed by atoms with Gasteiger partial charge in [0.2, 0.25) is 0 Å². The summed E-state index contributed by atoms with van der Waals surface area (Å²) in [4.78, 5) is 0. The third-order valence-corrected chi connectivity index (χ3v) is 9.13. The summed E-state index contributed by atoms with van der Waals surface area (Å²) in [5.74, 6) is 0. The van der Waals surface area contributed by atoms with E-state index in [9.17, 15) is 0 Å². The van der Waals surface area contributed by atoms with Crippen molar-refractivity contribution >= 4 is 44.5 Å². The van der Waals surface area contributed by atoms with Crippen LogP contribution in [0, 0.1) is 0 Å². The van der Waals surface area contributed by atoms with Gasteiger partial charge in [-0.2, -0.15) is 0 Å². The van der Waals surface area contributed by atoms with Gasteiger partial charge in [0.05, 0.1) is 22.2 Å². The van der Waals surface area contributed by atoms with E-state index < -0.39 is 0 Å². The van der Waals surface area contributed by atoms with Crippen molar-refractivity contribution in [2.45, 2.75) is 18.8 Å². The smallest absolute Gasteiger partial charge is 0.0548 e. The predicted molar refractivity (Wildman–Crippen MR) is 167 cm³/mol. The molecule has 40 heavy (non-hydrogen) atoms. The van der Waals surface area contributed by atoms with Gasteiger partial charge in [0.25, 0.3) is 0 Å². The molecule has 1 atom stereocenters. The summed E-state index contributed by atoms with van der Waals surface area (Å²) < 4.78 is 4.89. The largest absolute Gasteiger partial charge is 0.358 e. The molecule has 1 aliphatic carbocycles. The third kappa shape index (κ3) is 2.79. The third-order valence-electron chi connectivity index (χ3n) is 9.13. The zero-order chi connectivity index (χ0) is 26.4. The number of hydrogen-bond acceptors (Lipinski definition) is 1. The van der Waals surface area contributed by atoms with E-state index in [1.54, 1.807) is 0 Å². The van der Waals surface area contributed by atoms with Gasteiger partial charge in [-0.3, -0.25) is 0 Å². The maximum absolute atomic E-state index is 3.77. The lowest BCUT2D eigenvalue weighted by atomic mass is 9.73. The second kappa shape index (κ2) is 7.77. The Balaban J connectivity index is 1.42. The van der Waals surface area contributed by atoms with Crippen LogP contribution in [0.5, 0.6) is 0 Å². The van der Waals surface area contributed by atoms with Crippen LogP contribution in [0.15, 0.2) is 127 Å². The molecule has 3 nitrogen and oxygen atoms in total. The molecule has 5 aromatic carbocycles. The average molecular weight is 514 g/mol. The van der Waals surface area contributed by atoms with E-state index in [-0.39, 0.29) is 5.41 Å². The van der Waals surface area contributed by atoms with Crippen molar-refractivity contribution < 1.29 is 0 Å². The Morgan fingerprint density at radius 3 is 2.02 bits per heavy atom. The Bertz CT molecular complexity index is 2160. The van der Waals surface area contributed by atoms with Gasteiger partial charge >= 0.3 is 0 Å². The molecule has 0 amide bonds. The highest BCUT2D eigenvalue weighted by atomic mass is 15.0. The lowest BCUT2D eigenvalue weighted by molar-refractivity contribution is 0.575. The lowest BCUT2D eigenvalue weighted by Crippen LogP contribution is -2.28. The summed E-state index contributed by atoms with van der Waals surface area (Å²) >= 11 is 0. The van der Waals surface area contributed by atoms with Crippen LogP contribution in [-0.2, 0) is 11.8 Å². The van der Waals surface area contributed by atoms with E-state index in [0.717, 1.165) is 6.42 Å². The van der Waals surface area contributed by atoms with Gasteiger partial charge in [-0.25, -0.2) is 0 Å². The number of aromatic nitrogens is 2. The van der Waals surface area contributed by atoms with Crippen molar-refractivity contribution in [1.82, 2.24) is 9.13 Å². The topological polar surface area (TPSA) is 21.9 Å². The first-order valence-corrected chi connectivity index (χ1v) is 14.0. The fraction of sp³-hybridized carbons (Fsp3) is 0.0811. The van der Waals surface area contributed by atoms with E-state index in [1.165, 1.54) is 72.3 Å². The van der Waals surface area contributed by atoms with Crippen LogP contribution in [0.25, 0.3) is 50.2 Å². The normalized spacial score (nSPS) is 17.5. The first-order chi connectivity index (χ1) is 19.7. The van der Waals surface area contributed by atoms with E-state index in [0.29, 0.717) is 0 Å². The average Bonchev–Trinajstić information content (AvgIpc) is 3.59.